The van der Waals surface area contributed by atoms with E-state index in [9.17, 15) is 14.4 Å². The molecule has 0 fully saturated rings. The molecule has 0 aliphatic carbocycles. The molecule has 7 nitrogen and oxygen atoms in total. The quantitative estimate of drug-likeness (QED) is 0.657. The highest BCUT2D eigenvalue weighted by atomic mass is 16.5. The Labute approximate surface area is 183 Å². The van der Waals surface area contributed by atoms with Gasteiger partial charge in [-0.05, 0) is 31.5 Å². The van der Waals surface area contributed by atoms with Crippen molar-refractivity contribution in [2.24, 2.45) is 5.41 Å². The number of nitrogens with one attached hydrogen (secondary N) is 2. The fourth-order valence-electron chi connectivity index (χ4n) is 2.71. The molecule has 31 heavy (non-hydrogen) atoms. The number of esters is 1. The van der Waals surface area contributed by atoms with Gasteiger partial charge in [0.2, 0.25) is 12.0 Å². The van der Waals surface area contributed by atoms with Crippen molar-refractivity contribution in [3.63, 3.8) is 0 Å². The largest absolute Gasteiger partial charge is 0.495 e. The predicted octanol–water partition coefficient (Wildman–Crippen LogP) is 3.78. The lowest BCUT2D eigenvalue weighted by Crippen LogP contribution is -2.45. The van der Waals surface area contributed by atoms with Crippen molar-refractivity contribution in [2.45, 2.75) is 46.8 Å². The molecule has 2 amide bonds. The van der Waals surface area contributed by atoms with Crippen LogP contribution in [0.1, 0.15) is 44.9 Å². The minimum absolute atomic E-state index is 0.290. The summed E-state index contributed by atoms with van der Waals surface area (Å²) >= 11 is 0. The van der Waals surface area contributed by atoms with Gasteiger partial charge < -0.3 is 20.1 Å². The molecule has 2 N–H and O–H groups in total. The second kappa shape index (κ2) is 10.1. The molecule has 0 heterocycles. The van der Waals surface area contributed by atoms with Crippen molar-refractivity contribution in [1.29, 1.82) is 0 Å². The van der Waals surface area contributed by atoms with Gasteiger partial charge in [-0.1, -0.05) is 57.2 Å². The molecule has 2 atom stereocenters. The van der Waals surface area contributed by atoms with Crippen LogP contribution in [0.5, 0.6) is 5.75 Å². The summed E-state index contributed by atoms with van der Waals surface area (Å²) in [6.45, 7) is 8.65. The van der Waals surface area contributed by atoms with Gasteiger partial charge in [-0.2, -0.15) is 0 Å². The Balaban J connectivity index is 2.24. The number of hydrogen-bond acceptors (Lipinski definition) is 5. The number of aryl methyl sites for hydroxylation is 1. The smallest absolute Gasteiger partial charge is 0.329 e. The summed E-state index contributed by atoms with van der Waals surface area (Å²) in [5.41, 5.74) is 1.25. The highest BCUT2D eigenvalue weighted by molar-refractivity contribution is 5.98. The summed E-state index contributed by atoms with van der Waals surface area (Å²) in [5.74, 6) is -1.04. The number of hydrogen-bond donors (Lipinski definition) is 2. The lowest BCUT2D eigenvalue weighted by Gasteiger charge is -2.23. The van der Waals surface area contributed by atoms with Gasteiger partial charge >= 0.3 is 5.97 Å². The molecule has 2 aromatic carbocycles. The van der Waals surface area contributed by atoms with Crippen molar-refractivity contribution >= 4 is 23.5 Å². The normalized spacial score (nSPS) is 13.0. The van der Waals surface area contributed by atoms with Crippen LogP contribution < -0.4 is 15.4 Å². The average molecular weight is 427 g/mol. The van der Waals surface area contributed by atoms with Crippen molar-refractivity contribution in [3.8, 4) is 5.75 Å². The number of amides is 2. The number of rotatable bonds is 7. The van der Waals surface area contributed by atoms with Crippen LogP contribution in [0.2, 0.25) is 0 Å². The zero-order chi connectivity index (χ0) is 23.2. The summed E-state index contributed by atoms with van der Waals surface area (Å²) in [4.78, 5) is 38.0. The summed E-state index contributed by atoms with van der Waals surface area (Å²) in [6.07, 6.45) is -1.20. The number of methoxy groups -OCH3 is 1. The van der Waals surface area contributed by atoms with E-state index in [2.05, 4.69) is 10.6 Å². The van der Waals surface area contributed by atoms with E-state index in [-0.39, 0.29) is 5.91 Å². The molecule has 0 spiro atoms. The molecule has 0 saturated heterocycles. The maximum absolute atomic E-state index is 13.1. The number of anilines is 1. The van der Waals surface area contributed by atoms with E-state index < -0.39 is 29.4 Å². The minimum Gasteiger partial charge on any atom is -0.495 e. The predicted molar refractivity (Wildman–Crippen MR) is 119 cm³/mol. The third-order valence-corrected chi connectivity index (χ3v) is 4.57. The SMILES string of the molecule is COc1ccc(C)cc1NC(=O)C(OC(=O)C(C)NC(=O)C(C)(C)C)c1ccccc1. The molecule has 0 radical (unpaired) electrons. The van der Waals surface area contributed by atoms with Gasteiger partial charge in [-0.15, -0.1) is 0 Å². The zero-order valence-corrected chi connectivity index (χ0v) is 18.8. The Morgan fingerprint density at radius 2 is 1.65 bits per heavy atom. The first-order valence-corrected chi connectivity index (χ1v) is 10.0. The second-order valence-electron chi connectivity index (χ2n) is 8.37. The molecular weight excluding hydrogens is 396 g/mol. The molecule has 2 rings (SSSR count). The summed E-state index contributed by atoms with van der Waals surface area (Å²) in [6, 6.07) is 13.2. The van der Waals surface area contributed by atoms with E-state index in [1.54, 1.807) is 63.2 Å². The first-order chi connectivity index (χ1) is 14.5. The monoisotopic (exact) mass is 426 g/mol. The first-order valence-electron chi connectivity index (χ1n) is 10.0. The Kier molecular flexibility index (Phi) is 7.80. The molecular formula is C24H30N2O5. The fourth-order valence-corrected chi connectivity index (χ4v) is 2.71. The van der Waals surface area contributed by atoms with Crippen LogP contribution in [-0.4, -0.2) is 30.9 Å². The Morgan fingerprint density at radius 3 is 2.23 bits per heavy atom. The van der Waals surface area contributed by atoms with Gasteiger partial charge in [0.25, 0.3) is 5.91 Å². The molecule has 0 aliphatic rings. The number of benzene rings is 2. The lowest BCUT2D eigenvalue weighted by molar-refractivity contribution is -0.157. The summed E-state index contributed by atoms with van der Waals surface area (Å²) < 4.78 is 10.9. The maximum atomic E-state index is 13.1. The molecule has 0 aliphatic heterocycles. The van der Waals surface area contributed by atoms with Crippen LogP contribution >= 0.6 is 0 Å². The topological polar surface area (TPSA) is 93.7 Å². The van der Waals surface area contributed by atoms with Crippen molar-refractivity contribution in [1.82, 2.24) is 5.32 Å². The van der Waals surface area contributed by atoms with E-state index in [4.69, 9.17) is 9.47 Å². The maximum Gasteiger partial charge on any atom is 0.329 e. The van der Waals surface area contributed by atoms with E-state index in [0.29, 0.717) is 17.0 Å². The van der Waals surface area contributed by atoms with Gasteiger partial charge in [0.1, 0.15) is 11.8 Å². The fraction of sp³-hybridized carbons (Fsp3) is 0.375. The van der Waals surface area contributed by atoms with Crippen LogP contribution in [-0.2, 0) is 19.1 Å². The van der Waals surface area contributed by atoms with Crippen molar-refractivity contribution in [3.05, 3.63) is 59.7 Å². The lowest BCUT2D eigenvalue weighted by atomic mass is 9.95. The number of carbonyl (C=O) groups is 3. The van der Waals surface area contributed by atoms with Gasteiger partial charge in [-0.3, -0.25) is 9.59 Å². The van der Waals surface area contributed by atoms with E-state index in [0.717, 1.165) is 5.56 Å². The van der Waals surface area contributed by atoms with Crippen LogP contribution in [0.15, 0.2) is 48.5 Å². The van der Waals surface area contributed by atoms with Crippen LogP contribution in [0.25, 0.3) is 0 Å². The molecule has 0 saturated carbocycles. The number of ether oxygens (including phenoxy) is 2. The molecule has 0 aromatic heterocycles. The highest BCUT2D eigenvalue weighted by Crippen LogP contribution is 2.28. The Bertz CT molecular complexity index is 935. The third kappa shape index (κ3) is 6.57. The summed E-state index contributed by atoms with van der Waals surface area (Å²) in [7, 11) is 1.51. The van der Waals surface area contributed by atoms with Gasteiger partial charge in [-0.25, -0.2) is 4.79 Å². The standard InChI is InChI=1S/C24H30N2O5/c1-15-12-13-19(30-6)18(14-15)26-21(27)20(17-10-8-7-9-11-17)31-22(28)16(2)25-23(29)24(3,4)5/h7-14,16,20H,1-6H3,(H,25,29)(H,26,27). The molecule has 2 unspecified atom stereocenters. The second-order valence-corrected chi connectivity index (χ2v) is 8.37. The van der Waals surface area contributed by atoms with E-state index in [1.165, 1.54) is 14.0 Å². The van der Waals surface area contributed by atoms with Crippen LogP contribution in [0.4, 0.5) is 5.69 Å². The van der Waals surface area contributed by atoms with Crippen molar-refractivity contribution in [2.75, 3.05) is 12.4 Å². The average Bonchev–Trinajstić information content (AvgIpc) is 2.71. The minimum atomic E-state index is -1.20. The third-order valence-electron chi connectivity index (χ3n) is 4.57. The van der Waals surface area contributed by atoms with E-state index in [1.807, 2.05) is 13.0 Å². The molecule has 166 valence electrons. The Hall–Kier alpha value is -3.35. The van der Waals surface area contributed by atoms with Gasteiger partial charge in [0.05, 0.1) is 12.8 Å². The Morgan fingerprint density at radius 1 is 1.00 bits per heavy atom. The number of carbonyl (C=O) groups excluding carboxylic acids is 3. The summed E-state index contributed by atoms with van der Waals surface area (Å²) in [5, 5.41) is 5.41. The van der Waals surface area contributed by atoms with Crippen LogP contribution in [0, 0.1) is 12.3 Å². The molecule has 7 heteroatoms. The van der Waals surface area contributed by atoms with Gasteiger partial charge in [0.15, 0.2) is 0 Å². The molecule has 0 bridgehead atoms. The highest BCUT2D eigenvalue weighted by Gasteiger charge is 2.30. The first kappa shape index (κ1) is 23.9. The van der Waals surface area contributed by atoms with E-state index >= 15 is 0 Å². The van der Waals surface area contributed by atoms with Crippen molar-refractivity contribution < 1.29 is 23.9 Å². The molecule has 2 aromatic rings. The van der Waals surface area contributed by atoms with Gasteiger partial charge in [0, 0.05) is 11.0 Å². The van der Waals surface area contributed by atoms with Crippen LogP contribution in [0.3, 0.4) is 0 Å². The zero-order valence-electron chi connectivity index (χ0n) is 18.8.